The van der Waals surface area contributed by atoms with Gasteiger partial charge in [0.15, 0.2) is 0 Å². The largest absolute Gasteiger partial charge is 0.493 e. The van der Waals surface area contributed by atoms with Crippen LogP contribution in [0.15, 0.2) is 34.1 Å². The van der Waals surface area contributed by atoms with E-state index in [1.165, 1.54) is 0 Å². The highest BCUT2D eigenvalue weighted by atomic mass is 32.1. The van der Waals surface area contributed by atoms with Gasteiger partial charge in [0.1, 0.15) is 6.54 Å². The lowest BCUT2D eigenvalue weighted by Gasteiger charge is -2.00. The fourth-order valence-electron chi connectivity index (χ4n) is 2.08. The summed E-state index contributed by atoms with van der Waals surface area (Å²) in [5.41, 5.74) is 2.49. The van der Waals surface area contributed by atoms with Gasteiger partial charge in [0, 0.05) is 17.4 Å². The number of benzene rings is 1. The van der Waals surface area contributed by atoms with Crippen molar-refractivity contribution >= 4 is 40.9 Å². The van der Waals surface area contributed by atoms with Crippen LogP contribution < -0.4 is 4.87 Å². The third-order valence-electron chi connectivity index (χ3n) is 3.03. The van der Waals surface area contributed by atoms with E-state index < -0.39 is 17.4 Å². The van der Waals surface area contributed by atoms with Crippen molar-refractivity contribution in [1.29, 1.82) is 0 Å². The minimum absolute atomic E-state index is 0.319. The van der Waals surface area contributed by atoms with Gasteiger partial charge in [-0.1, -0.05) is 29.5 Å². The molecule has 1 aliphatic heterocycles. The molecular weight excluding hydrogens is 292 g/mol. The number of nitrogens with zero attached hydrogens (tertiary/aromatic N) is 2. The van der Waals surface area contributed by atoms with Crippen molar-refractivity contribution < 1.29 is 15.0 Å². The first-order valence-corrected chi connectivity index (χ1v) is 6.87. The van der Waals surface area contributed by atoms with E-state index in [0.717, 1.165) is 32.7 Å². The van der Waals surface area contributed by atoms with Gasteiger partial charge in [-0.3, -0.25) is 19.1 Å². The summed E-state index contributed by atoms with van der Waals surface area (Å²) in [6.45, 7) is -0.560. The predicted molar refractivity (Wildman–Crippen MR) is 80.3 cm³/mol. The average Bonchev–Trinajstić information content (AvgIpc) is 2.96. The SMILES string of the molecule is O=C(O)Cn1c(O)c(/C=C2\C=Nc3ccccc32)sc1=O. The van der Waals surface area contributed by atoms with Crippen LogP contribution in [0.2, 0.25) is 0 Å². The number of carboxylic acid groups (broad SMARTS) is 1. The van der Waals surface area contributed by atoms with Gasteiger partial charge >= 0.3 is 10.8 Å². The molecule has 0 atom stereocenters. The average molecular weight is 302 g/mol. The number of hydrogen-bond donors (Lipinski definition) is 2. The molecule has 7 heteroatoms. The zero-order valence-corrected chi connectivity index (χ0v) is 11.5. The number of hydrogen-bond acceptors (Lipinski definition) is 5. The smallest absolute Gasteiger partial charge is 0.323 e. The minimum Gasteiger partial charge on any atom is -0.493 e. The van der Waals surface area contributed by atoms with Gasteiger partial charge < -0.3 is 10.2 Å². The molecule has 0 aliphatic carbocycles. The molecule has 0 spiro atoms. The number of fused-ring (bicyclic) bond motifs is 1. The molecule has 2 N–H and O–H groups in total. The molecule has 0 saturated heterocycles. The van der Waals surface area contributed by atoms with E-state index in [9.17, 15) is 14.7 Å². The maximum Gasteiger partial charge on any atom is 0.323 e. The summed E-state index contributed by atoms with van der Waals surface area (Å²) < 4.78 is 0.831. The van der Waals surface area contributed by atoms with Crippen LogP contribution in [0.1, 0.15) is 10.4 Å². The second-order valence-corrected chi connectivity index (χ2v) is 5.40. The summed E-state index contributed by atoms with van der Waals surface area (Å²) >= 11 is 0.801. The zero-order valence-electron chi connectivity index (χ0n) is 10.7. The normalized spacial score (nSPS) is 14.6. The number of para-hydroxylation sites is 1. The van der Waals surface area contributed by atoms with Crippen LogP contribution in [-0.4, -0.2) is 27.0 Å². The van der Waals surface area contributed by atoms with Crippen molar-refractivity contribution in [2.45, 2.75) is 6.54 Å². The van der Waals surface area contributed by atoms with E-state index in [2.05, 4.69) is 4.99 Å². The van der Waals surface area contributed by atoms with Gasteiger partial charge in [-0.05, 0) is 12.1 Å². The van der Waals surface area contributed by atoms with Gasteiger partial charge in [0.2, 0.25) is 5.88 Å². The summed E-state index contributed by atoms with van der Waals surface area (Å²) in [5, 5.41) is 18.7. The maximum absolute atomic E-state index is 11.7. The van der Waals surface area contributed by atoms with Crippen molar-refractivity contribution in [3.05, 3.63) is 44.4 Å². The van der Waals surface area contributed by atoms with Gasteiger partial charge in [0.05, 0.1) is 10.6 Å². The highest BCUT2D eigenvalue weighted by Gasteiger charge is 2.17. The number of aromatic hydroxyl groups is 1. The Balaban J connectivity index is 2.04. The molecule has 1 aromatic heterocycles. The standard InChI is InChI=1S/C14H10N2O4S/c17-12(18)7-16-13(19)11(21-14(16)20)5-8-6-15-10-4-2-1-3-9(8)10/h1-6,19H,7H2,(H,17,18)/b8-5+. The molecule has 1 aromatic carbocycles. The van der Waals surface area contributed by atoms with Crippen LogP contribution in [0.3, 0.4) is 0 Å². The van der Waals surface area contributed by atoms with Gasteiger partial charge in [-0.25, -0.2) is 0 Å². The van der Waals surface area contributed by atoms with Crippen molar-refractivity contribution in [1.82, 2.24) is 4.57 Å². The second kappa shape index (κ2) is 5.02. The molecule has 21 heavy (non-hydrogen) atoms. The third-order valence-corrected chi connectivity index (χ3v) is 3.95. The Kier molecular flexibility index (Phi) is 3.19. The molecule has 3 rings (SSSR count). The Morgan fingerprint density at radius 3 is 2.90 bits per heavy atom. The second-order valence-electron chi connectivity index (χ2n) is 4.41. The number of aliphatic carboxylic acids is 1. The first-order chi connectivity index (χ1) is 10.1. The lowest BCUT2D eigenvalue weighted by Crippen LogP contribution is -2.18. The molecule has 0 saturated carbocycles. The Morgan fingerprint density at radius 1 is 1.38 bits per heavy atom. The van der Waals surface area contributed by atoms with Crippen LogP contribution in [-0.2, 0) is 11.3 Å². The summed E-state index contributed by atoms with van der Waals surface area (Å²) in [6, 6.07) is 7.50. The van der Waals surface area contributed by atoms with Gasteiger partial charge in [-0.2, -0.15) is 0 Å². The van der Waals surface area contributed by atoms with Crippen LogP contribution in [0.5, 0.6) is 5.88 Å². The number of aromatic nitrogens is 1. The maximum atomic E-state index is 11.7. The molecule has 0 radical (unpaired) electrons. The molecule has 0 unspecified atom stereocenters. The molecule has 1 aliphatic rings. The van der Waals surface area contributed by atoms with Crippen LogP contribution >= 0.6 is 11.3 Å². The fraction of sp³-hybridized carbons (Fsp3) is 0.0714. The minimum atomic E-state index is -1.18. The van der Waals surface area contributed by atoms with Gasteiger partial charge in [-0.15, -0.1) is 0 Å². The topological polar surface area (TPSA) is 91.9 Å². The van der Waals surface area contributed by atoms with E-state index in [4.69, 9.17) is 5.11 Å². The highest BCUT2D eigenvalue weighted by Crippen LogP contribution is 2.34. The molecule has 2 aromatic rings. The monoisotopic (exact) mass is 302 g/mol. The summed E-state index contributed by atoms with van der Waals surface area (Å²) in [4.78, 5) is 26.4. The van der Waals surface area contributed by atoms with E-state index in [0.29, 0.717) is 4.88 Å². The third kappa shape index (κ3) is 2.38. The number of thiazole rings is 1. The molecule has 2 heterocycles. The number of carboxylic acids is 1. The first-order valence-electron chi connectivity index (χ1n) is 6.06. The molecule has 0 bridgehead atoms. The van der Waals surface area contributed by atoms with E-state index in [-0.39, 0.29) is 5.88 Å². The van der Waals surface area contributed by atoms with E-state index >= 15 is 0 Å². The van der Waals surface area contributed by atoms with Crippen molar-refractivity contribution in [3.63, 3.8) is 0 Å². The van der Waals surface area contributed by atoms with Crippen LogP contribution in [0, 0.1) is 0 Å². The molecule has 0 fully saturated rings. The lowest BCUT2D eigenvalue weighted by atomic mass is 10.1. The molecule has 6 nitrogen and oxygen atoms in total. The van der Waals surface area contributed by atoms with E-state index in [1.54, 1.807) is 12.3 Å². The fourth-order valence-corrected chi connectivity index (χ4v) is 2.91. The molecular formula is C14H10N2O4S. The Labute approximate surface area is 122 Å². The number of rotatable bonds is 3. The van der Waals surface area contributed by atoms with E-state index in [1.807, 2.05) is 24.3 Å². The summed E-state index contributed by atoms with van der Waals surface area (Å²) in [6.07, 6.45) is 3.28. The number of allylic oxidation sites excluding steroid dienone is 1. The quantitative estimate of drug-likeness (QED) is 0.906. The highest BCUT2D eigenvalue weighted by molar-refractivity contribution is 7.10. The first kappa shape index (κ1) is 13.3. The lowest BCUT2D eigenvalue weighted by molar-refractivity contribution is -0.137. The Morgan fingerprint density at radius 2 is 2.14 bits per heavy atom. The predicted octanol–water partition coefficient (Wildman–Crippen LogP) is 1.96. The summed E-state index contributed by atoms with van der Waals surface area (Å²) in [7, 11) is 0. The molecule has 0 amide bonds. The van der Waals surface area contributed by atoms with Crippen LogP contribution in [0.25, 0.3) is 11.6 Å². The zero-order chi connectivity index (χ0) is 15.0. The summed E-state index contributed by atoms with van der Waals surface area (Å²) in [5.74, 6) is -1.52. The van der Waals surface area contributed by atoms with Crippen LogP contribution in [0.4, 0.5) is 5.69 Å². The van der Waals surface area contributed by atoms with Crippen molar-refractivity contribution in [2.75, 3.05) is 0 Å². The number of aliphatic imine (C=N–C) groups is 1. The molecule has 106 valence electrons. The number of carbonyl (C=O) groups is 1. The Bertz CT molecular complexity index is 845. The van der Waals surface area contributed by atoms with Crippen molar-refractivity contribution in [2.24, 2.45) is 4.99 Å². The Hall–Kier alpha value is -2.67. The van der Waals surface area contributed by atoms with Gasteiger partial charge in [0.25, 0.3) is 0 Å². The van der Waals surface area contributed by atoms with Crippen molar-refractivity contribution in [3.8, 4) is 5.88 Å².